The summed E-state index contributed by atoms with van der Waals surface area (Å²) in [6, 6.07) is 4.11. The molecule has 0 aromatic carbocycles. The molecule has 0 spiro atoms. The van der Waals surface area contributed by atoms with E-state index in [0.29, 0.717) is 30.2 Å². The number of nitrogens with two attached hydrogens (primary N) is 1. The predicted octanol–water partition coefficient (Wildman–Crippen LogP) is 3.15. The highest BCUT2D eigenvalue weighted by Crippen LogP contribution is 2.47. The minimum absolute atomic E-state index is 0. The number of hydrogen-bond acceptors (Lipinski definition) is 3. The zero-order valence-corrected chi connectivity index (χ0v) is 16.0. The summed E-state index contributed by atoms with van der Waals surface area (Å²) in [5.74, 6) is 2.02. The molecular formula is C18H29Cl2N3O. The lowest BCUT2D eigenvalue weighted by atomic mass is 9.84. The van der Waals surface area contributed by atoms with Crippen LogP contribution in [0.25, 0.3) is 0 Å². The van der Waals surface area contributed by atoms with Crippen molar-refractivity contribution in [2.45, 2.75) is 45.1 Å². The summed E-state index contributed by atoms with van der Waals surface area (Å²) in [6.45, 7) is 5.04. The third-order valence-corrected chi connectivity index (χ3v) is 5.70. The van der Waals surface area contributed by atoms with E-state index in [9.17, 15) is 4.79 Å². The molecular weight excluding hydrogens is 345 g/mol. The minimum atomic E-state index is 0. The van der Waals surface area contributed by atoms with Crippen LogP contribution in [0.15, 0.2) is 24.5 Å². The molecule has 1 aromatic rings. The quantitative estimate of drug-likeness (QED) is 0.832. The van der Waals surface area contributed by atoms with Gasteiger partial charge >= 0.3 is 0 Å². The number of carbonyl (C=O) groups is 1. The molecule has 2 bridgehead atoms. The van der Waals surface area contributed by atoms with E-state index >= 15 is 0 Å². The van der Waals surface area contributed by atoms with Gasteiger partial charge in [0, 0.05) is 30.9 Å². The van der Waals surface area contributed by atoms with Crippen molar-refractivity contribution in [2.24, 2.45) is 29.4 Å². The van der Waals surface area contributed by atoms with Crippen LogP contribution in [-0.2, 0) is 4.79 Å². The van der Waals surface area contributed by atoms with Gasteiger partial charge in [0.05, 0.1) is 5.92 Å². The van der Waals surface area contributed by atoms with Crippen LogP contribution in [0.1, 0.15) is 44.6 Å². The number of carbonyl (C=O) groups excluding carboxylic acids is 1. The van der Waals surface area contributed by atoms with Crippen LogP contribution in [0.2, 0.25) is 0 Å². The molecule has 5 atom stereocenters. The lowest BCUT2D eigenvalue weighted by molar-refractivity contribution is -0.127. The van der Waals surface area contributed by atoms with E-state index in [1.54, 1.807) is 6.20 Å². The molecule has 24 heavy (non-hydrogen) atoms. The van der Waals surface area contributed by atoms with E-state index < -0.39 is 0 Å². The largest absolute Gasteiger partial charge is 0.355 e. The summed E-state index contributed by atoms with van der Waals surface area (Å²) in [7, 11) is 0. The third-order valence-electron chi connectivity index (χ3n) is 5.70. The van der Waals surface area contributed by atoms with Gasteiger partial charge in [0.15, 0.2) is 0 Å². The highest BCUT2D eigenvalue weighted by molar-refractivity contribution is 5.85. The van der Waals surface area contributed by atoms with Crippen LogP contribution in [0.3, 0.4) is 0 Å². The first-order valence-electron chi connectivity index (χ1n) is 8.51. The van der Waals surface area contributed by atoms with Crippen molar-refractivity contribution in [2.75, 3.05) is 6.54 Å². The second-order valence-electron chi connectivity index (χ2n) is 7.32. The van der Waals surface area contributed by atoms with Crippen LogP contribution >= 0.6 is 24.8 Å². The predicted molar refractivity (Wildman–Crippen MR) is 102 cm³/mol. The summed E-state index contributed by atoms with van der Waals surface area (Å²) in [5, 5.41) is 3.17. The number of pyridine rings is 1. The molecule has 1 heterocycles. The highest BCUT2D eigenvalue weighted by Gasteiger charge is 2.49. The van der Waals surface area contributed by atoms with Gasteiger partial charge in [-0.25, -0.2) is 0 Å². The van der Waals surface area contributed by atoms with E-state index in [1.165, 1.54) is 18.4 Å². The number of hydrogen-bond donors (Lipinski definition) is 2. The number of aromatic nitrogens is 1. The second-order valence-corrected chi connectivity index (χ2v) is 7.32. The standard InChI is InChI=1S/C18H27N3O.2ClH/c1-11(2)15(14-4-3-7-20-9-14)10-21-18(22)16-12-5-6-13(8-12)17(16)19;;/h3-4,7,9,11-13,15-17H,5-6,8,10,19H2,1-2H3,(H,21,22);2*1H. The van der Waals surface area contributed by atoms with Gasteiger partial charge in [-0.2, -0.15) is 0 Å². The molecule has 136 valence electrons. The zero-order chi connectivity index (χ0) is 15.7. The summed E-state index contributed by atoms with van der Waals surface area (Å²) >= 11 is 0. The van der Waals surface area contributed by atoms with Crippen LogP contribution in [-0.4, -0.2) is 23.5 Å². The summed E-state index contributed by atoms with van der Waals surface area (Å²) in [6.07, 6.45) is 7.22. The fourth-order valence-electron chi connectivity index (χ4n) is 4.39. The van der Waals surface area contributed by atoms with Crippen molar-refractivity contribution in [3.63, 3.8) is 0 Å². The Balaban J connectivity index is 0.00000144. The van der Waals surface area contributed by atoms with E-state index in [1.807, 2.05) is 12.3 Å². The first kappa shape index (κ1) is 21.2. The molecule has 2 aliphatic rings. The van der Waals surface area contributed by atoms with Gasteiger partial charge in [-0.05, 0) is 48.6 Å². The van der Waals surface area contributed by atoms with E-state index in [4.69, 9.17) is 5.73 Å². The highest BCUT2D eigenvalue weighted by atomic mass is 35.5. The van der Waals surface area contributed by atoms with Crippen molar-refractivity contribution in [3.05, 3.63) is 30.1 Å². The minimum Gasteiger partial charge on any atom is -0.355 e. The fraction of sp³-hybridized carbons (Fsp3) is 0.667. The molecule has 1 aromatic heterocycles. The Labute approximate surface area is 157 Å². The molecule has 4 nitrogen and oxygen atoms in total. The summed E-state index contributed by atoms with van der Waals surface area (Å²) in [5.41, 5.74) is 7.46. The fourth-order valence-corrected chi connectivity index (χ4v) is 4.39. The Kier molecular flexibility index (Phi) is 7.97. The molecule has 3 N–H and O–H groups in total. The van der Waals surface area contributed by atoms with Gasteiger partial charge in [0.1, 0.15) is 0 Å². The average Bonchev–Trinajstić information content (AvgIpc) is 3.09. The zero-order valence-electron chi connectivity index (χ0n) is 14.4. The maximum atomic E-state index is 12.6. The molecule has 5 unspecified atom stereocenters. The molecule has 3 rings (SSSR count). The molecule has 2 aliphatic carbocycles. The van der Waals surface area contributed by atoms with Crippen LogP contribution in [0, 0.1) is 23.7 Å². The Morgan fingerprint density at radius 2 is 2.04 bits per heavy atom. The smallest absolute Gasteiger partial charge is 0.224 e. The summed E-state index contributed by atoms with van der Waals surface area (Å²) in [4.78, 5) is 16.8. The second kappa shape index (κ2) is 9.02. The van der Waals surface area contributed by atoms with Gasteiger partial charge in [-0.15, -0.1) is 24.8 Å². The number of nitrogens with one attached hydrogen (secondary N) is 1. The van der Waals surface area contributed by atoms with Gasteiger partial charge in [-0.3, -0.25) is 9.78 Å². The van der Waals surface area contributed by atoms with E-state index in [-0.39, 0.29) is 42.7 Å². The van der Waals surface area contributed by atoms with Crippen LogP contribution < -0.4 is 11.1 Å². The van der Waals surface area contributed by atoms with Crippen molar-refractivity contribution in [3.8, 4) is 0 Å². The maximum absolute atomic E-state index is 12.6. The lowest BCUT2D eigenvalue weighted by Gasteiger charge is -2.28. The SMILES string of the molecule is CC(C)C(CNC(=O)C1C2CCC(C2)C1N)c1cccnc1.Cl.Cl. The van der Waals surface area contributed by atoms with Gasteiger partial charge in [0.25, 0.3) is 0 Å². The van der Waals surface area contributed by atoms with Gasteiger partial charge in [-0.1, -0.05) is 19.9 Å². The molecule has 2 saturated carbocycles. The lowest BCUT2D eigenvalue weighted by Crippen LogP contribution is -2.46. The molecule has 0 saturated heterocycles. The van der Waals surface area contributed by atoms with Crippen molar-refractivity contribution >= 4 is 30.7 Å². The van der Waals surface area contributed by atoms with Crippen LogP contribution in [0.5, 0.6) is 0 Å². The molecule has 0 aliphatic heterocycles. The number of fused-ring (bicyclic) bond motifs is 2. The summed E-state index contributed by atoms with van der Waals surface area (Å²) < 4.78 is 0. The Bertz CT molecular complexity index is 524. The van der Waals surface area contributed by atoms with Crippen molar-refractivity contribution in [1.29, 1.82) is 0 Å². The normalized spacial score (nSPS) is 28.8. The van der Waals surface area contributed by atoms with Crippen molar-refractivity contribution < 1.29 is 4.79 Å². The van der Waals surface area contributed by atoms with Crippen LogP contribution in [0.4, 0.5) is 0 Å². The number of amides is 1. The van der Waals surface area contributed by atoms with E-state index in [0.717, 1.165) is 6.42 Å². The third kappa shape index (κ3) is 4.22. The molecule has 1 amide bonds. The molecule has 6 heteroatoms. The van der Waals surface area contributed by atoms with E-state index in [2.05, 4.69) is 30.2 Å². The number of nitrogens with zero attached hydrogens (tertiary/aromatic N) is 1. The molecule has 2 fully saturated rings. The maximum Gasteiger partial charge on any atom is 0.224 e. The first-order chi connectivity index (χ1) is 10.6. The number of rotatable bonds is 5. The Hall–Kier alpha value is -0.840. The monoisotopic (exact) mass is 373 g/mol. The Morgan fingerprint density at radius 3 is 2.58 bits per heavy atom. The van der Waals surface area contributed by atoms with Gasteiger partial charge in [0.2, 0.25) is 5.91 Å². The average molecular weight is 374 g/mol. The number of halogens is 2. The first-order valence-corrected chi connectivity index (χ1v) is 8.51. The Morgan fingerprint density at radius 1 is 1.33 bits per heavy atom. The topological polar surface area (TPSA) is 68.0 Å². The van der Waals surface area contributed by atoms with Crippen molar-refractivity contribution in [1.82, 2.24) is 10.3 Å². The molecule has 0 radical (unpaired) electrons. The van der Waals surface area contributed by atoms with Gasteiger partial charge < -0.3 is 11.1 Å².